The molecule has 0 spiro atoms. The molecule has 0 unspecified atom stereocenters. The molecule has 0 bridgehead atoms. The number of allylic oxidation sites excluding steroid dienone is 4. The van der Waals surface area contributed by atoms with E-state index in [4.69, 9.17) is 5.11 Å². The fourth-order valence-corrected chi connectivity index (χ4v) is 2.42. The maximum absolute atomic E-state index is 11.5. The predicted octanol–water partition coefficient (Wildman–Crippen LogP) is 1.48. The molecule has 1 aliphatic carbocycles. The van der Waals surface area contributed by atoms with E-state index >= 15 is 0 Å². The minimum Gasteiger partial charge on any atom is -0.481 e. The normalized spacial score (nSPS) is 15.8. The summed E-state index contributed by atoms with van der Waals surface area (Å²) in [5, 5.41) is 8.44. The van der Waals surface area contributed by atoms with Crippen molar-refractivity contribution < 1.29 is 19.5 Å². The van der Waals surface area contributed by atoms with Gasteiger partial charge in [0.25, 0.3) is 0 Å². The van der Waals surface area contributed by atoms with Crippen molar-refractivity contribution in [1.29, 1.82) is 0 Å². The third-order valence-corrected chi connectivity index (χ3v) is 3.60. The summed E-state index contributed by atoms with van der Waals surface area (Å²) in [5.74, 6) is -1.03. The minimum atomic E-state index is -0.914. The number of carbonyl (C=O) groups is 3. The fraction of sp³-hybridized carbons (Fsp3) is 0.300. The summed E-state index contributed by atoms with van der Waals surface area (Å²) < 4.78 is 0. The van der Waals surface area contributed by atoms with Gasteiger partial charge in [-0.3, -0.25) is 14.4 Å². The van der Waals surface area contributed by atoms with Crippen molar-refractivity contribution in [2.45, 2.75) is 6.42 Å². The molecule has 16 heavy (non-hydrogen) atoms. The molecule has 6 heteroatoms. The molecule has 0 aromatic heterocycles. The van der Waals surface area contributed by atoms with E-state index in [1.807, 2.05) is 0 Å². The quantitative estimate of drug-likeness (QED) is 0.753. The van der Waals surface area contributed by atoms with E-state index in [-0.39, 0.29) is 18.0 Å². The molecule has 86 valence electrons. The van der Waals surface area contributed by atoms with Gasteiger partial charge in [-0.05, 0) is 6.26 Å². The van der Waals surface area contributed by atoms with Crippen LogP contribution < -0.4 is 0 Å². The molecule has 0 heterocycles. The first-order valence-corrected chi connectivity index (χ1v) is 6.66. The molecule has 0 saturated carbocycles. The highest BCUT2D eigenvalue weighted by molar-refractivity contribution is 8.04. The summed E-state index contributed by atoms with van der Waals surface area (Å²) in [6, 6.07) is 0. The van der Waals surface area contributed by atoms with Crippen molar-refractivity contribution in [3.05, 3.63) is 22.0 Å². The van der Waals surface area contributed by atoms with Crippen LogP contribution >= 0.6 is 23.5 Å². The lowest BCUT2D eigenvalue weighted by Crippen LogP contribution is -2.10. The second kappa shape index (κ2) is 5.91. The van der Waals surface area contributed by atoms with E-state index in [2.05, 4.69) is 0 Å². The molecule has 4 nitrogen and oxygen atoms in total. The lowest BCUT2D eigenvalue weighted by Gasteiger charge is -2.09. The van der Waals surface area contributed by atoms with E-state index in [1.165, 1.54) is 23.9 Å². The Labute approximate surface area is 101 Å². The Bertz CT molecular complexity index is 396. The first-order valence-electron chi connectivity index (χ1n) is 4.45. The van der Waals surface area contributed by atoms with Crippen LogP contribution in [0.25, 0.3) is 0 Å². The average molecular weight is 258 g/mol. The molecule has 0 radical (unpaired) electrons. The van der Waals surface area contributed by atoms with Crippen LogP contribution in [-0.2, 0) is 14.4 Å². The topological polar surface area (TPSA) is 71.4 Å². The van der Waals surface area contributed by atoms with Gasteiger partial charge in [0.05, 0.1) is 16.2 Å². The highest BCUT2D eigenvalue weighted by Gasteiger charge is 2.19. The zero-order chi connectivity index (χ0) is 12.1. The van der Waals surface area contributed by atoms with E-state index in [1.54, 1.807) is 6.26 Å². The first kappa shape index (κ1) is 13.1. The van der Waals surface area contributed by atoms with Gasteiger partial charge < -0.3 is 5.11 Å². The molecular weight excluding hydrogens is 248 g/mol. The first-order chi connectivity index (χ1) is 7.54. The largest absolute Gasteiger partial charge is 0.481 e. The van der Waals surface area contributed by atoms with Crippen LogP contribution in [0.5, 0.6) is 0 Å². The summed E-state index contributed by atoms with van der Waals surface area (Å²) >= 11 is 2.34. The number of carbonyl (C=O) groups excluding carboxylic acids is 2. The molecule has 0 aromatic carbocycles. The summed E-state index contributed by atoms with van der Waals surface area (Å²) in [6.45, 7) is 0. The van der Waals surface area contributed by atoms with Gasteiger partial charge in [0, 0.05) is 17.9 Å². The van der Waals surface area contributed by atoms with Crippen molar-refractivity contribution in [2.24, 2.45) is 0 Å². The lowest BCUT2D eigenvalue weighted by molar-refractivity contribution is -0.136. The third kappa shape index (κ3) is 3.53. The highest BCUT2D eigenvalue weighted by atomic mass is 32.2. The van der Waals surface area contributed by atoms with Gasteiger partial charge in [0.15, 0.2) is 11.6 Å². The number of thioether (sulfide) groups is 2. The number of aliphatic carboxylic acids is 1. The molecule has 0 fully saturated rings. The van der Waals surface area contributed by atoms with Crippen LogP contribution in [0, 0.1) is 0 Å². The number of hydrogen-bond acceptors (Lipinski definition) is 5. The summed E-state index contributed by atoms with van der Waals surface area (Å²) in [6.07, 6.45) is 4.28. The van der Waals surface area contributed by atoms with Crippen LogP contribution in [0.2, 0.25) is 0 Å². The van der Waals surface area contributed by atoms with Crippen LogP contribution in [-0.4, -0.2) is 34.7 Å². The van der Waals surface area contributed by atoms with Gasteiger partial charge in [0.1, 0.15) is 0 Å². The number of rotatable bonds is 5. The smallest absolute Gasteiger partial charge is 0.304 e. The molecule has 0 saturated heterocycles. The second-order valence-electron chi connectivity index (χ2n) is 2.94. The van der Waals surface area contributed by atoms with Gasteiger partial charge in [-0.25, -0.2) is 0 Å². The summed E-state index contributed by atoms with van der Waals surface area (Å²) in [5.41, 5.74) is 0. The Morgan fingerprint density at radius 1 is 1.25 bits per heavy atom. The van der Waals surface area contributed by atoms with Gasteiger partial charge in [-0.15, -0.1) is 23.5 Å². The van der Waals surface area contributed by atoms with Crippen LogP contribution in [0.1, 0.15) is 6.42 Å². The third-order valence-electron chi connectivity index (χ3n) is 1.80. The maximum atomic E-state index is 11.5. The second-order valence-corrected chi connectivity index (χ2v) is 4.93. The van der Waals surface area contributed by atoms with Gasteiger partial charge >= 0.3 is 5.97 Å². The number of carboxylic acids is 1. The average Bonchev–Trinajstić information content (AvgIpc) is 2.22. The van der Waals surface area contributed by atoms with E-state index in [0.29, 0.717) is 15.6 Å². The van der Waals surface area contributed by atoms with Crippen molar-refractivity contribution in [3.8, 4) is 0 Å². The Hall–Kier alpha value is -1.01. The molecule has 0 amide bonds. The molecule has 1 aliphatic rings. The molecule has 1 rings (SSSR count). The monoisotopic (exact) mass is 258 g/mol. The molecule has 1 N–H and O–H groups in total. The number of hydrogen-bond donors (Lipinski definition) is 1. The van der Waals surface area contributed by atoms with E-state index < -0.39 is 5.97 Å². The number of ketones is 2. The molecular formula is C10H10O4S2. The SMILES string of the molecule is CSC1=CC(=O)C(SCCC(=O)O)=CC1=O. The van der Waals surface area contributed by atoms with E-state index in [0.717, 1.165) is 11.8 Å². The van der Waals surface area contributed by atoms with Crippen molar-refractivity contribution in [2.75, 3.05) is 12.0 Å². The highest BCUT2D eigenvalue weighted by Crippen LogP contribution is 2.26. The zero-order valence-electron chi connectivity index (χ0n) is 8.56. The van der Waals surface area contributed by atoms with Crippen LogP contribution in [0.3, 0.4) is 0 Å². The minimum absolute atomic E-state index is 0.0252. The van der Waals surface area contributed by atoms with Crippen molar-refractivity contribution in [1.82, 2.24) is 0 Å². The van der Waals surface area contributed by atoms with Crippen molar-refractivity contribution in [3.63, 3.8) is 0 Å². The Kier molecular flexibility index (Phi) is 4.82. The molecule has 0 aliphatic heterocycles. The Morgan fingerprint density at radius 2 is 1.81 bits per heavy atom. The lowest BCUT2D eigenvalue weighted by atomic mass is 10.2. The standard InChI is InChI=1S/C10H10O4S2/c1-15-8-4-7(12)9(5-6(8)11)16-3-2-10(13)14/h4-5H,2-3H2,1H3,(H,13,14). The fourth-order valence-electron chi connectivity index (χ4n) is 1.04. The van der Waals surface area contributed by atoms with Crippen LogP contribution in [0.4, 0.5) is 0 Å². The van der Waals surface area contributed by atoms with Crippen molar-refractivity contribution >= 4 is 41.1 Å². The van der Waals surface area contributed by atoms with Gasteiger partial charge in [-0.1, -0.05) is 0 Å². The van der Waals surface area contributed by atoms with Crippen LogP contribution in [0.15, 0.2) is 22.0 Å². The van der Waals surface area contributed by atoms with Gasteiger partial charge in [0.2, 0.25) is 0 Å². The maximum Gasteiger partial charge on any atom is 0.304 e. The number of carboxylic acid groups (broad SMARTS) is 1. The molecule has 0 aromatic rings. The summed E-state index contributed by atoms with van der Waals surface area (Å²) in [7, 11) is 0. The van der Waals surface area contributed by atoms with Gasteiger partial charge in [-0.2, -0.15) is 0 Å². The Balaban J connectivity index is 2.60. The zero-order valence-corrected chi connectivity index (χ0v) is 10.2. The predicted molar refractivity (Wildman–Crippen MR) is 64.4 cm³/mol. The summed E-state index contributed by atoms with van der Waals surface area (Å²) in [4.78, 5) is 34.0. The van der Waals surface area contributed by atoms with E-state index in [9.17, 15) is 14.4 Å². The molecule has 0 atom stereocenters. The Morgan fingerprint density at radius 3 is 2.38 bits per heavy atom.